The van der Waals surface area contributed by atoms with Crippen LogP contribution in [-0.4, -0.2) is 12.6 Å². The average molecular weight is 261 g/mol. The molecule has 1 rings (SSSR count). The molecule has 0 saturated carbocycles. The van der Waals surface area contributed by atoms with Crippen LogP contribution in [0.3, 0.4) is 0 Å². The predicted octanol–water partition coefficient (Wildman–Crippen LogP) is 5.35. The number of benzene rings is 1. The van der Waals surface area contributed by atoms with E-state index < -0.39 is 0 Å². The highest BCUT2D eigenvalue weighted by molar-refractivity contribution is 5.57. The van der Waals surface area contributed by atoms with E-state index in [2.05, 4.69) is 57.7 Å². The molecule has 0 spiro atoms. The average Bonchev–Trinajstić information content (AvgIpc) is 2.42. The molecule has 19 heavy (non-hydrogen) atoms. The predicted molar refractivity (Wildman–Crippen MR) is 87.2 cm³/mol. The maximum absolute atomic E-state index is 2.66. The van der Waals surface area contributed by atoms with Crippen LogP contribution in [0.4, 0.5) is 5.69 Å². The lowest BCUT2D eigenvalue weighted by molar-refractivity contribution is 0.524. The number of nitrogens with zero attached hydrogens (tertiary/aromatic N) is 1. The van der Waals surface area contributed by atoms with Crippen LogP contribution < -0.4 is 4.90 Å². The summed E-state index contributed by atoms with van der Waals surface area (Å²) in [5.74, 6) is 0. The zero-order chi connectivity index (χ0) is 14.3. The molecule has 0 saturated heterocycles. The van der Waals surface area contributed by atoms with Gasteiger partial charge in [0.15, 0.2) is 0 Å². The molecule has 1 heteroatoms. The molecule has 0 aromatic heterocycles. The lowest BCUT2D eigenvalue weighted by Crippen LogP contribution is -2.36. The second kappa shape index (κ2) is 8.24. The fourth-order valence-corrected chi connectivity index (χ4v) is 3.07. The topological polar surface area (TPSA) is 3.24 Å². The summed E-state index contributed by atoms with van der Waals surface area (Å²) in [7, 11) is 0. The van der Waals surface area contributed by atoms with Gasteiger partial charge in [0.25, 0.3) is 0 Å². The Morgan fingerprint density at radius 1 is 1.05 bits per heavy atom. The van der Waals surface area contributed by atoms with Crippen molar-refractivity contribution in [2.45, 2.75) is 72.8 Å². The van der Waals surface area contributed by atoms with Crippen molar-refractivity contribution in [2.24, 2.45) is 0 Å². The first kappa shape index (κ1) is 16.1. The molecular formula is C18H31N. The zero-order valence-electron chi connectivity index (χ0n) is 13.5. The van der Waals surface area contributed by atoms with E-state index in [1.54, 1.807) is 0 Å². The number of anilines is 1. The zero-order valence-corrected chi connectivity index (χ0v) is 13.5. The molecule has 1 aromatic rings. The number of aryl methyl sites for hydroxylation is 1. The van der Waals surface area contributed by atoms with Crippen molar-refractivity contribution in [1.29, 1.82) is 0 Å². The van der Waals surface area contributed by atoms with Crippen LogP contribution >= 0.6 is 0 Å². The minimum atomic E-state index is 0.692. The fraction of sp³-hybridized carbons (Fsp3) is 0.667. The Balaban J connectivity index is 3.13. The van der Waals surface area contributed by atoms with Crippen molar-refractivity contribution >= 4 is 5.69 Å². The van der Waals surface area contributed by atoms with Gasteiger partial charge in [-0.15, -0.1) is 0 Å². The molecule has 0 heterocycles. The molecule has 0 aliphatic carbocycles. The second-order valence-electron chi connectivity index (χ2n) is 5.47. The Morgan fingerprint density at radius 2 is 1.79 bits per heavy atom. The highest BCUT2D eigenvalue weighted by Gasteiger charge is 2.18. The first-order chi connectivity index (χ1) is 9.19. The number of rotatable bonds is 8. The Kier molecular flexibility index (Phi) is 6.97. The molecule has 0 unspecified atom stereocenters. The second-order valence-corrected chi connectivity index (χ2v) is 5.47. The lowest BCUT2D eigenvalue weighted by Gasteiger charge is -2.35. The van der Waals surface area contributed by atoms with Gasteiger partial charge in [-0.05, 0) is 49.8 Å². The van der Waals surface area contributed by atoms with Gasteiger partial charge in [0.05, 0.1) is 0 Å². The third-order valence-corrected chi connectivity index (χ3v) is 4.05. The highest BCUT2D eigenvalue weighted by Crippen LogP contribution is 2.28. The standard InChI is InChI=1S/C18H31N/c1-6-11-16(8-3)19(14-7-2)18-13-10-12-15(5)17(18)9-4/h10,12-13,16H,6-9,11,14H2,1-5H3/t16-/m0/s1. The van der Waals surface area contributed by atoms with Gasteiger partial charge in [0, 0.05) is 18.3 Å². The maximum atomic E-state index is 2.66. The van der Waals surface area contributed by atoms with Crippen LogP contribution in [0, 0.1) is 6.92 Å². The monoisotopic (exact) mass is 261 g/mol. The van der Waals surface area contributed by atoms with Gasteiger partial charge in [-0.25, -0.2) is 0 Å². The van der Waals surface area contributed by atoms with Crippen LogP contribution in [0.15, 0.2) is 18.2 Å². The third kappa shape index (κ3) is 3.99. The highest BCUT2D eigenvalue weighted by atomic mass is 15.2. The summed E-state index contributed by atoms with van der Waals surface area (Å²) in [5.41, 5.74) is 4.45. The smallest absolute Gasteiger partial charge is 0.0403 e. The first-order valence-corrected chi connectivity index (χ1v) is 8.04. The molecule has 1 aromatic carbocycles. The molecule has 108 valence electrons. The van der Waals surface area contributed by atoms with Gasteiger partial charge >= 0.3 is 0 Å². The minimum absolute atomic E-state index is 0.692. The van der Waals surface area contributed by atoms with E-state index in [0.717, 1.165) is 6.42 Å². The summed E-state index contributed by atoms with van der Waals surface area (Å²) < 4.78 is 0. The molecule has 0 fully saturated rings. The summed E-state index contributed by atoms with van der Waals surface area (Å²) in [6.45, 7) is 12.6. The van der Waals surface area contributed by atoms with Gasteiger partial charge in [0.2, 0.25) is 0 Å². The van der Waals surface area contributed by atoms with E-state index in [1.165, 1.54) is 49.0 Å². The number of hydrogen-bond donors (Lipinski definition) is 0. The van der Waals surface area contributed by atoms with Gasteiger partial charge in [0.1, 0.15) is 0 Å². The normalized spacial score (nSPS) is 12.5. The van der Waals surface area contributed by atoms with Crippen LogP contribution in [0.1, 0.15) is 64.5 Å². The summed E-state index contributed by atoms with van der Waals surface area (Å²) in [6, 6.07) is 7.47. The van der Waals surface area contributed by atoms with Crippen LogP contribution in [0.5, 0.6) is 0 Å². The Bertz CT molecular complexity index is 370. The summed E-state index contributed by atoms with van der Waals surface area (Å²) in [4.78, 5) is 2.66. The maximum Gasteiger partial charge on any atom is 0.0403 e. The fourth-order valence-electron chi connectivity index (χ4n) is 3.07. The van der Waals surface area contributed by atoms with Gasteiger partial charge in [-0.2, -0.15) is 0 Å². The van der Waals surface area contributed by atoms with E-state index >= 15 is 0 Å². The molecule has 0 amide bonds. The van der Waals surface area contributed by atoms with Gasteiger partial charge < -0.3 is 4.90 Å². The van der Waals surface area contributed by atoms with Crippen LogP contribution in [-0.2, 0) is 6.42 Å². The quantitative estimate of drug-likeness (QED) is 0.609. The summed E-state index contributed by atoms with van der Waals surface area (Å²) >= 11 is 0. The molecule has 1 nitrogen and oxygen atoms in total. The van der Waals surface area contributed by atoms with Gasteiger partial charge in [-0.1, -0.05) is 46.2 Å². The number of hydrogen-bond acceptors (Lipinski definition) is 1. The minimum Gasteiger partial charge on any atom is -0.368 e. The van der Waals surface area contributed by atoms with E-state index in [-0.39, 0.29) is 0 Å². The van der Waals surface area contributed by atoms with Crippen molar-refractivity contribution in [3.8, 4) is 0 Å². The van der Waals surface area contributed by atoms with Gasteiger partial charge in [-0.3, -0.25) is 0 Å². The molecule has 1 atom stereocenters. The molecule has 0 aliphatic rings. The van der Waals surface area contributed by atoms with Crippen LogP contribution in [0.25, 0.3) is 0 Å². The van der Waals surface area contributed by atoms with Crippen molar-refractivity contribution in [1.82, 2.24) is 0 Å². The van der Waals surface area contributed by atoms with Crippen molar-refractivity contribution in [3.05, 3.63) is 29.3 Å². The van der Waals surface area contributed by atoms with E-state index in [4.69, 9.17) is 0 Å². The van der Waals surface area contributed by atoms with Crippen molar-refractivity contribution < 1.29 is 0 Å². The Hall–Kier alpha value is -0.980. The summed E-state index contributed by atoms with van der Waals surface area (Å²) in [5, 5.41) is 0. The molecule has 0 bridgehead atoms. The van der Waals surface area contributed by atoms with E-state index in [1.807, 2.05) is 0 Å². The molecular weight excluding hydrogens is 230 g/mol. The lowest BCUT2D eigenvalue weighted by atomic mass is 9.99. The first-order valence-electron chi connectivity index (χ1n) is 8.04. The Labute approximate surface area is 120 Å². The van der Waals surface area contributed by atoms with E-state index in [9.17, 15) is 0 Å². The molecule has 0 aliphatic heterocycles. The Morgan fingerprint density at radius 3 is 2.32 bits per heavy atom. The summed E-state index contributed by atoms with van der Waals surface area (Å²) in [6.07, 6.45) is 6.16. The van der Waals surface area contributed by atoms with Crippen LogP contribution in [0.2, 0.25) is 0 Å². The molecule has 0 radical (unpaired) electrons. The van der Waals surface area contributed by atoms with Crippen molar-refractivity contribution in [2.75, 3.05) is 11.4 Å². The SMILES string of the molecule is CCC[C@H](CC)N(CCC)c1cccc(C)c1CC. The molecule has 0 N–H and O–H groups in total. The third-order valence-electron chi connectivity index (χ3n) is 4.05. The van der Waals surface area contributed by atoms with Crippen molar-refractivity contribution in [3.63, 3.8) is 0 Å². The van der Waals surface area contributed by atoms with E-state index in [0.29, 0.717) is 6.04 Å². The largest absolute Gasteiger partial charge is 0.368 e.